The average Bonchev–Trinajstić information content (AvgIpc) is 3.19. The molecule has 3 nitrogen and oxygen atoms in total. The summed E-state index contributed by atoms with van der Waals surface area (Å²) in [6, 6.07) is 59.8. The molecule has 0 saturated carbocycles. The minimum atomic E-state index is 0.0812. The monoisotopic (exact) mass is 666 g/mol. The van der Waals surface area contributed by atoms with Gasteiger partial charge in [0.2, 0.25) is 6.71 Å². The van der Waals surface area contributed by atoms with Crippen LogP contribution in [0.15, 0.2) is 174 Å². The predicted octanol–water partition coefficient (Wildman–Crippen LogP) is 10.9. The molecule has 5 heteroatoms. The minimum Gasteiger partial charge on any atom is -0.451 e. The quantitative estimate of drug-likeness (QED) is 0.135. The number of hydrogen-bond acceptors (Lipinski definition) is 4. The Labute approximate surface area is 299 Å². The Morgan fingerprint density at radius 3 is 2.02 bits per heavy atom. The van der Waals surface area contributed by atoms with Crippen LogP contribution in [0, 0.1) is 0 Å². The lowest BCUT2D eigenvalue weighted by Crippen LogP contribution is -2.60. The maximum atomic E-state index is 7.19. The van der Waals surface area contributed by atoms with Crippen LogP contribution in [-0.4, -0.2) is 6.71 Å². The van der Waals surface area contributed by atoms with Crippen LogP contribution in [-0.2, 0) is 0 Å². The summed E-state index contributed by atoms with van der Waals surface area (Å²) < 4.78 is 7.19. The number of rotatable bonds is 2. The first-order chi connectivity index (χ1) is 25.3. The smallest absolute Gasteiger partial charge is 0.249 e. The van der Waals surface area contributed by atoms with E-state index < -0.39 is 0 Å². The second-order valence-electron chi connectivity index (χ2n) is 13.6. The molecule has 236 valence electrons. The molecular formula is C46H27BN2OS. The van der Waals surface area contributed by atoms with Crippen molar-refractivity contribution in [2.75, 3.05) is 9.80 Å². The highest BCUT2D eigenvalue weighted by Gasteiger charge is 2.45. The second-order valence-corrected chi connectivity index (χ2v) is 14.7. The molecule has 51 heavy (non-hydrogen) atoms. The van der Waals surface area contributed by atoms with Gasteiger partial charge in [0.05, 0.1) is 22.7 Å². The van der Waals surface area contributed by atoms with Crippen molar-refractivity contribution in [3.05, 3.63) is 164 Å². The number of hydrogen-bond donors (Lipinski definition) is 0. The maximum Gasteiger partial charge on any atom is 0.249 e. The summed E-state index contributed by atoms with van der Waals surface area (Å²) >= 11 is 1.87. The van der Waals surface area contributed by atoms with Gasteiger partial charge in [-0.05, 0) is 86.4 Å². The summed E-state index contributed by atoms with van der Waals surface area (Å²) in [4.78, 5) is 7.45. The first-order valence-corrected chi connectivity index (χ1v) is 18.3. The number of ether oxygens (including phenoxy) is 1. The van der Waals surface area contributed by atoms with E-state index in [1.54, 1.807) is 0 Å². The van der Waals surface area contributed by atoms with Crippen molar-refractivity contribution in [3.63, 3.8) is 0 Å². The molecule has 3 heterocycles. The zero-order valence-corrected chi connectivity index (χ0v) is 28.2. The number of para-hydroxylation sites is 4. The molecule has 12 rings (SSSR count). The van der Waals surface area contributed by atoms with Gasteiger partial charge in [-0.25, -0.2) is 0 Å². The normalized spacial score (nSPS) is 13.8. The molecule has 0 spiro atoms. The van der Waals surface area contributed by atoms with E-state index in [-0.39, 0.29) is 6.71 Å². The molecule has 0 unspecified atom stereocenters. The SMILES string of the molecule is c1ccc(N2c3ccccc3B3c4ccccc4Sc4cc5c(c2c43)Oc2ccccc2N5c2ccc3ccc4cccc5ccc2c3c45)cc1. The third-order valence-corrected chi connectivity index (χ3v) is 12.2. The van der Waals surface area contributed by atoms with Gasteiger partial charge in [0.1, 0.15) is 0 Å². The van der Waals surface area contributed by atoms with Gasteiger partial charge in [0.25, 0.3) is 0 Å². The fraction of sp³-hybridized carbons (Fsp3) is 0. The first kappa shape index (κ1) is 27.6. The topological polar surface area (TPSA) is 15.7 Å². The summed E-state index contributed by atoms with van der Waals surface area (Å²) in [6.07, 6.45) is 0. The highest BCUT2D eigenvalue weighted by Crippen LogP contribution is 2.58. The summed E-state index contributed by atoms with van der Waals surface area (Å²) in [7, 11) is 0. The molecule has 0 aromatic heterocycles. The second kappa shape index (κ2) is 10.2. The molecule has 0 radical (unpaired) electrons. The lowest BCUT2D eigenvalue weighted by Gasteiger charge is -2.43. The fourth-order valence-electron chi connectivity index (χ4n) is 8.93. The molecule has 3 aliphatic heterocycles. The highest BCUT2D eigenvalue weighted by atomic mass is 32.2. The Hall–Kier alpha value is -6.17. The van der Waals surface area contributed by atoms with Crippen molar-refractivity contribution in [2.45, 2.75) is 9.79 Å². The summed E-state index contributed by atoms with van der Waals surface area (Å²) in [5.74, 6) is 1.72. The molecule has 3 aliphatic rings. The third kappa shape index (κ3) is 3.71. The van der Waals surface area contributed by atoms with E-state index in [2.05, 4.69) is 174 Å². The molecule has 0 bridgehead atoms. The van der Waals surface area contributed by atoms with Gasteiger partial charge in [-0.15, -0.1) is 0 Å². The minimum absolute atomic E-state index is 0.0812. The molecule has 0 N–H and O–H groups in total. The van der Waals surface area contributed by atoms with E-state index in [1.807, 2.05) is 11.8 Å². The molecule has 0 fully saturated rings. The zero-order valence-electron chi connectivity index (χ0n) is 27.4. The van der Waals surface area contributed by atoms with Gasteiger partial charge in [0, 0.05) is 26.6 Å². The largest absolute Gasteiger partial charge is 0.451 e. The average molecular weight is 667 g/mol. The molecule has 0 atom stereocenters. The summed E-state index contributed by atoms with van der Waals surface area (Å²) in [5, 5.41) is 7.63. The maximum absolute atomic E-state index is 7.19. The predicted molar refractivity (Wildman–Crippen MR) is 215 cm³/mol. The van der Waals surface area contributed by atoms with Crippen LogP contribution in [0.25, 0.3) is 32.3 Å². The van der Waals surface area contributed by atoms with Crippen LogP contribution < -0.4 is 30.9 Å². The Morgan fingerprint density at radius 1 is 0.471 bits per heavy atom. The summed E-state index contributed by atoms with van der Waals surface area (Å²) in [6.45, 7) is 0.0812. The van der Waals surface area contributed by atoms with E-state index >= 15 is 0 Å². The Balaban J connectivity index is 1.21. The van der Waals surface area contributed by atoms with Crippen molar-refractivity contribution in [3.8, 4) is 11.5 Å². The molecule has 9 aromatic carbocycles. The van der Waals surface area contributed by atoms with Crippen molar-refractivity contribution >= 4 is 101 Å². The van der Waals surface area contributed by atoms with Gasteiger partial charge in [-0.2, -0.15) is 0 Å². The van der Waals surface area contributed by atoms with Crippen molar-refractivity contribution < 1.29 is 4.74 Å². The van der Waals surface area contributed by atoms with Crippen LogP contribution in [0.1, 0.15) is 0 Å². The van der Waals surface area contributed by atoms with Crippen molar-refractivity contribution in [1.82, 2.24) is 0 Å². The van der Waals surface area contributed by atoms with Gasteiger partial charge < -0.3 is 14.5 Å². The van der Waals surface area contributed by atoms with Gasteiger partial charge >= 0.3 is 0 Å². The van der Waals surface area contributed by atoms with Gasteiger partial charge in [-0.1, -0.05) is 132 Å². The Bertz CT molecular complexity index is 2890. The van der Waals surface area contributed by atoms with Crippen molar-refractivity contribution in [1.29, 1.82) is 0 Å². The number of anilines is 6. The lowest BCUT2D eigenvalue weighted by atomic mass is 9.35. The van der Waals surface area contributed by atoms with Crippen molar-refractivity contribution in [2.24, 2.45) is 0 Å². The summed E-state index contributed by atoms with van der Waals surface area (Å²) in [5.41, 5.74) is 10.6. The highest BCUT2D eigenvalue weighted by molar-refractivity contribution is 8.00. The molecule has 0 aliphatic carbocycles. The van der Waals surface area contributed by atoms with Crippen LogP contribution in [0.2, 0.25) is 0 Å². The number of benzene rings is 9. The third-order valence-electron chi connectivity index (χ3n) is 11.0. The van der Waals surface area contributed by atoms with Crippen LogP contribution in [0.4, 0.5) is 34.1 Å². The molecule has 0 amide bonds. The van der Waals surface area contributed by atoms with Crippen LogP contribution in [0.3, 0.4) is 0 Å². The molecular weight excluding hydrogens is 639 g/mol. The zero-order chi connectivity index (χ0) is 33.2. The Morgan fingerprint density at radius 2 is 1.16 bits per heavy atom. The molecule has 9 aromatic rings. The Kier molecular flexibility index (Phi) is 5.52. The standard InChI is InChI=1S/C46H27BN2OS/c1-2-13-31(14-3-1)48-36-17-6-4-15-33(36)47-34-16-5-9-20-40(34)51-41-27-38-46(45(48)44(41)47)50-39-19-8-7-18-37(39)49(38)35-26-24-30-22-21-28-11-10-12-29-23-25-32(35)43(30)42(28)29/h1-27H. The first-order valence-electron chi connectivity index (χ1n) is 17.5. The van der Waals surface area contributed by atoms with E-state index in [0.717, 1.165) is 39.9 Å². The lowest BCUT2D eigenvalue weighted by molar-refractivity contribution is 0.478. The van der Waals surface area contributed by atoms with Crippen LogP contribution in [0.5, 0.6) is 11.5 Å². The van der Waals surface area contributed by atoms with E-state index in [4.69, 9.17) is 4.74 Å². The van der Waals surface area contributed by atoms with E-state index in [0.29, 0.717) is 0 Å². The van der Waals surface area contributed by atoms with Crippen LogP contribution >= 0.6 is 11.8 Å². The molecule has 0 saturated heterocycles. The number of nitrogens with zero attached hydrogens (tertiary/aromatic N) is 2. The van der Waals surface area contributed by atoms with E-state index in [1.165, 1.54) is 64.2 Å². The van der Waals surface area contributed by atoms with E-state index in [9.17, 15) is 0 Å². The number of fused-ring (bicyclic) bond motifs is 7. The van der Waals surface area contributed by atoms with Gasteiger partial charge in [0.15, 0.2) is 11.5 Å². The fourth-order valence-corrected chi connectivity index (χ4v) is 10.1. The van der Waals surface area contributed by atoms with Gasteiger partial charge in [-0.3, -0.25) is 0 Å².